The molecule has 6 nitrogen and oxygen atoms in total. The number of sulfonamides is 1. The molecule has 1 aliphatic rings. The van der Waals surface area contributed by atoms with Crippen LogP contribution in [0.4, 0.5) is 0 Å². The fourth-order valence-corrected chi connectivity index (χ4v) is 4.92. The second-order valence-corrected chi connectivity index (χ2v) is 10.2. The number of benzene rings is 1. The van der Waals surface area contributed by atoms with Gasteiger partial charge >= 0.3 is 0 Å². The number of carbonyl (C=O) groups is 1. The minimum atomic E-state index is -3.16. The number of amides is 1. The van der Waals surface area contributed by atoms with Gasteiger partial charge in [-0.15, -0.1) is 11.3 Å². The fourth-order valence-electron chi connectivity index (χ4n) is 3.09. The standard InChI is InChI=1S/C19H23ClN2O4S2/c1-13(18-4-3-11-27-18)21-19(23)14-5-6-17(16(20)12-14)26-15-7-9-22(10-8-15)28(2,24)25/h3-6,11-13,15H,7-10H2,1-2H3,(H,21,23)/t13-/m1/s1. The van der Waals surface area contributed by atoms with Gasteiger partial charge in [-0.3, -0.25) is 4.79 Å². The number of carbonyl (C=O) groups excluding carboxylic acids is 1. The molecule has 28 heavy (non-hydrogen) atoms. The smallest absolute Gasteiger partial charge is 0.251 e. The Labute approximate surface area is 174 Å². The molecule has 0 saturated carbocycles. The number of nitrogens with one attached hydrogen (secondary N) is 1. The van der Waals surface area contributed by atoms with Gasteiger partial charge in [-0.1, -0.05) is 17.7 Å². The van der Waals surface area contributed by atoms with E-state index in [0.717, 1.165) is 4.88 Å². The van der Waals surface area contributed by atoms with Crippen LogP contribution in [0.5, 0.6) is 5.75 Å². The number of ether oxygens (including phenoxy) is 1. The number of halogens is 1. The first-order chi connectivity index (χ1) is 13.2. The Morgan fingerprint density at radius 1 is 1.32 bits per heavy atom. The van der Waals surface area contributed by atoms with Crippen molar-refractivity contribution in [2.45, 2.75) is 31.9 Å². The first-order valence-electron chi connectivity index (χ1n) is 8.99. The van der Waals surface area contributed by atoms with Gasteiger partial charge in [0.05, 0.1) is 17.3 Å². The van der Waals surface area contributed by atoms with Crippen molar-refractivity contribution in [2.75, 3.05) is 19.3 Å². The highest BCUT2D eigenvalue weighted by molar-refractivity contribution is 7.88. The molecule has 0 bridgehead atoms. The quantitative estimate of drug-likeness (QED) is 0.740. The number of nitrogens with zero attached hydrogens (tertiary/aromatic N) is 1. The zero-order chi connectivity index (χ0) is 20.3. The molecule has 1 atom stereocenters. The summed E-state index contributed by atoms with van der Waals surface area (Å²) in [5, 5.41) is 5.29. The van der Waals surface area contributed by atoms with Gasteiger partial charge in [0.2, 0.25) is 10.0 Å². The topological polar surface area (TPSA) is 75.7 Å². The maximum Gasteiger partial charge on any atom is 0.251 e. The van der Waals surface area contributed by atoms with Crippen molar-refractivity contribution < 1.29 is 17.9 Å². The van der Waals surface area contributed by atoms with Gasteiger partial charge in [-0.05, 0) is 49.4 Å². The highest BCUT2D eigenvalue weighted by Gasteiger charge is 2.26. The summed E-state index contributed by atoms with van der Waals surface area (Å²) in [6.07, 6.45) is 2.32. The normalized spacial score (nSPS) is 17.2. The Balaban J connectivity index is 1.59. The van der Waals surface area contributed by atoms with Gasteiger partial charge in [0.25, 0.3) is 5.91 Å². The first-order valence-corrected chi connectivity index (χ1v) is 12.1. The van der Waals surface area contributed by atoms with Gasteiger partial charge in [0.1, 0.15) is 11.9 Å². The third-order valence-corrected chi connectivity index (χ3v) is 7.33. The molecule has 2 heterocycles. The number of thiophene rings is 1. The molecular weight excluding hydrogens is 420 g/mol. The van der Waals surface area contributed by atoms with Crippen molar-refractivity contribution in [3.63, 3.8) is 0 Å². The highest BCUT2D eigenvalue weighted by Crippen LogP contribution is 2.29. The van der Waals surface area contributed by atoms with Crippen LogP contribution in [0.1, 0.15) is 41.0 Å². The maximum atomic E-state index is 12.5. The predicted molar refractivity (Wildman–Crippen MR) is 112 cm³/mol. The summed E-state index contributed by atoms with van der Waals surface area (Å²) in [6.45, 7) is 2.80. The minimum Gasteiger partial charge on any atom is -0.489 e. The summed E-state index contributed by atoms with van der Waals surface area (Å²) >= 11 is 7.91. The molecule has 1 aromatic heterocycles. The van der Waals surface area contributed by atoms with Crippen LogP contribution in [-0.4, -0.2) is 44.1 Å². The molecule has 1 aliphatic heterocycles. The summed E-state index contributed by atoms with van der Waals surface area (Å²) in [4.78, 5) is 13.5. The van der Waals surface area contributed by atoms with Crippen LogP contribution in [0.2, 0.25) is 5.02 Å². The zero-order valence-corrected chi connectivity index (χ0v) is 18.1. The Hall–Kier alpha value is -1.61. The predicted octanol–water partition coefficient (Wildman–Crippen LogP) is 3.70. The minimum absolute atomic E-state index is 0.0813. The fraction of sp³-hybridized carbons (Fsp3) is 0.421. The van der Waals surface area contributed by atoms with E-state index in [2.05, 4.69) is 5.32 Å². The second kappa shape index (κ2) is 8.82. The van der Waals surface area contributed by atoms with Gasteiger partial charge in [0, 0.05) is 23.5 Å². The average Bonchev–Trinajstić information content (AvgIpc) is 3.18. The van der Waals surface area contributed by atoms with E-state index in [1.807, 2.05) is 24.4 Å². The van der Waals surface area contributed by atoms with Crippen LogP contribution in [0, 0.1) is 0 Å². The Morgan fingerprint density at radius 3 is 2.61 bits per heavy atom. The monoisotopic (exact) mass is 442 g/mol. The number of hydrogen-bond donors (Lipinski definition) is 1. The lowest BCUT2D eigenvalue weighted by molar-refractivity contribution is 0.0940. The molecule has 0 spiro atoms. The summed E-state index contributed by atoms with van der Waals surface area (Å²) < 4.78 is 30.6. The molecule has 2 aromatic rings. The van der Waals surface area contributed by atoms with E-state index in [-0.39, 0.29) is 18.1 Å². The first kappa shape index (κ1) is 21.1. The van der Waals surface area contributed by atoms with E-state index in [1.165, 1.54) is 10.6 Å². The zero-order valence-electron chi connectivity index (χ0n) is 15.7. The Morgan fingerprint density at radius 2 is 2.04 bits per heavy atom. The Bertz CT molecular complexity index is 923. The van der Waals surface area contributed by atoms with E-state index >= 15 is 0 Å². The molecule has 1 amide bonds. The lowest BCUT2D eigenvalue weighted by Gasteiger charge is -2.30. The van der Waals surface area contributed by atoms with Crippen molar-refractivity contribution in [3.8, 4) is 5.75 Å². The molecule has 152 valence electrons. The van der Waals surface area contributed by atoms with E-state index < -0.39 is 10.0 Å². The van der Waals surface area contributed by atoms with Gasteiger partial charge < -0.3 is 10.1 Å². The van der Waals surface area contributed by atoms with E-state index in [9.17, 15) is 13.2 Å². The number of hydrogen-bond acceptors (Lipinski definition) is 5. The molecule has 1 aromatic carbocycles. The lowest BCUT2D eigenvalue weighted by atomic mass is 10.1. The van der Waals surface area contributed by atoms with Gasteiger partial charge in [-0.2, -0.15) is 0 Å². The molecular formula is C19H23ClN2O4S2. The average molecular weight is 443 g/mol. The maximum absolute atomic E-state index is 12.5. The van der Waals surface area contributed by atoms with E-state index in [0.29, 0.717) is 42.3 Å². The second-order valence-electron chi connectivity index (χ2n) is 6.84. The van der Waals surface area contributed by atoms with Crippen molar-refractivity contribution in [1.82, 2.24) is 9.62 Å². The van der Waals surface area contributed by atoms with Gasteiger partial charge in [0.15, 0.2) is 0 Å². The largest absolute Gasteiger partial charge is 0.489 e. The molecule has 1 fully saturated rings. The third-order valence-electron chi connectivity index (χ3n) is 4.68. The summed E-state index contributed by atoms with van der Waals surface area (Å²) in [6, 6.07) is 8.82. The van der Waals surface area contributed by atoms with Gasteiger partial charge in [-0.25, -0.2) is 12.7 Å². The van der Waals surface area contributed by atoms with Crippen LogP contribution in [0.15, 0.2) is 35.7 Å². The van der Waals surface area contributed by atoms with Crippen LogP contribution in [0.3, 0.4) is 0 Å². The van der Waals surface area contributed by atoms with E-state index in [4.69, 9.17) is 16.3 Å². The SMILES string of the molecule is C[C@@H](NC(=O)c1ccc(OC2CCN(S(C)(=O)=O)CC2)c(Cl)c1)c1cccs1. The summed E-state index contributed by atoms with van der Waals surface area (Å²) in [7, 11) is -3.16. The van der Waals surface area contributed by atoms with Crippen LogP contribution in [0.25, 0.3) is 0 Å². The molecule has 1 saturated heterocycles. The van der Waals surface area contributed by atoms with Crippen molar-refractivity contribution in [3.05, 3.63) is 51.2 Å². The van der Waals surface area contributed by atoms with Crippen molar-refractivity contribution in [2.24, 2.45) is 0 Å². The van der Waals surface area contributed by atoms with E-state index in [1.54, 1.807) is 29.5 Å². The molecule has 9 heteroatoms. The van der Waals surface area contributed by atoms with Crippen LogP contribution >= 0.6 is 22.9 Å². The molecule has 3 rings (SSSR count). The number of piperidine rings is 1. The summed E-state index contributed by atoms with van der Waals surface area (Å²) in [5.41, 5.74) is 0.465. The highest BCUT2D eigenvalue weighted by atomic mass is 35.5. The van der Waals surface area contributed by atoms with Crippen molar-refractivity contribution in [1.29, 1.82) is 0 Å². The number of rotatable bonds is 6. The summed E-state index contributed by atoms with van der Waals surface area (Å²) in [5.74, 6) is 0.304. The van der Waals surface area contributed by atoms with Crippen molar-refractivity contribution >= 4 is 38.9 Å². The van der Waals surface area contributed by atoms with Crippen LogP contribution in [-0.2, 0) is 10.0 Å². The molecule has 1 N–H and O–H groups in total. The molecule has 0 radical (unpaired) electrons. The third kappa shape index (κ3) is 5.26. The molecule has 0 aliphatic carbocycles. The lowest BCUT2D eigenvalue weighted by Crippen LogP contribution is -2.41. The van der Waals surface area contributed by atoms with Crippen LogP contribution < -0.4 is 10.1 Å². The Kier molecular flexibility index (Phi) is 6.65. The molecule has 0 unspecified atom stereocenters.